The van der Waals surface area contributed by atoms with Crippen molar-refractivity contribution in [1.82, 2.24) is 15.2 Å². The second-order valence-corrected chi connectivity index (χ2v) is 7.72. The molecule has 1 aliphatic carbocycles. The second-order valence-electron chi connectivity index (χ2n) is 7.72. The Bertz CT molecular complexity index is 1100. The minimum Gasteiger partial charge on any atom is -0.493 e. The van der Waals surface area contributed by atoms with Crippen LogP contribution in [-0.4, -0.2) is 67.5 Å². The van der Waals surface area contributed by atoms with Crippen molar-refractivity contribution in [1.29, 1.82) is 0 Å². The van der Waals surface area contributed by atoms with E-state index in [9.17, 15) is 9.59 Å². The topological polar surface area (TPSA) is 119 Å². The smallest absolute Gasteiger partial charge is 0.260 e. The summed E-state index contributed by atoms with van der Waals surface area (Å²) in [6.07, 6.45) is 0.590. The zero-order valence-electron chi connectivity index (χ0n) is 17.7. The first-order chi connectivity index (χ1) is 15.6. The van der Waals surface area contributed by atoms with E-state index in [0.29, 0.717) is 65.0 Å². The van der Waals surface area contributed by atoms with Crippen molar-refractivity contribution in [3.05, 3.63) is 40.6 Å². The highest BCUT2D eigenvalue weighted by molar-refractivity contribution is 6.11. The molecule has 1 amide bonds. The predicted molar refractivity (Wildman–Crippen MR) is 110 cm³/mol. The standard InChI is InChI=1S/C22H23N3O7/c1-29-14-6-11-12(7-15(14)30-2)22(28)25(5-3-4-23-9-26)19-17(11)20(27)13-8-16-21(24-18(13)19)32-10-31-16/h6-8,17,19,23,26H,3-5,9-10H2,1-2H3. The molecule has 0 saturated heterocycles. The molecule has 1 aromatic heterocycles. The summed E-state index contributed by atoms with van der Waals surface area (Å²) in [4.78, 5) is 33.4. The average Bonchev–Trinajstić information content (AvgIpc) is 3.38. The second kappa shape index (κ2) is 7.95. The zero-order valence-corrected chi connectivity index (χ0v) is 17.7. The van der Waals surface area contributed by atoms with Crippen molar-refractivity contribution in [3.63, 3.8) is 0 Å². The molecule has 0 saturated carbocycles. The number of ether oxygens (including phenoxy) is 4. The van der Waals surface area contributed by atoms with Crippen LogP contribution in [0.3, 0.4) is 0 Å². The molecule has 5 rings (SSSR count). The Morgan fingerprint density at radius 2 is 1.94 bits per heavy atom. The number of rotatable bonds is 7. The summed E-state index contributed by atoms with van der Waals surface area (Å²) in [6.45, 7) is 0.796. The van der Waals surface area contributed by atoms with Gasteiger partial charge in [0, 0.05) is 17.7 Å². The van der Waals surface area contributed by atoms with Crippen LogP contribution in [0.1, 0.15) is 50.4 Å². The molecule has 0 radical (unpaired) electrons. The lowest BCUT2D eigenvalue weighted by atomic mass is 9.83. The number of nitrogens with one attached hydrogen (secondary N) is 1. The van der Waals surface area contributed by atoms with Gasteiger partial charge in [0.15, 0.2) is 23.0 Å². The van der Waals surface area contributed by atoms with E-state index in [2.05, 4.69) is 10.3 Å². The number of carbonyl (C=O) groups is 2. The molecule has 0 bridgehead atoms. The van der Waals surface area contributed by atoms with E-state index in [0.717, 1.165) is 0 Å². The first-order valence-corrected chi connectivity index (χ1v) is 10.3. The molecule has 2 aromatic rings. The lowest BCUT2D eigenvalue weighted by Crippen LogP contribution is -2.43. The maximum Gasteiger partial charge on any atom is 0.260 e. The maximum atomic E-state index is 13.6. The number of hydrogen-bond donors (Lipinski definition) is 2. The fraction of sp³-hybridized carbons (Fsp3) is 0.409. The number of methoxy groups -OCH3 is 2. The van der Waals surface area contributed by atoms with E-state index < -0.39 is 12.0 Å². The number of benzene rings is 1. The minimum absolute atomic E-state index is 0.0445. The highest BCUT2D eigenvalue weighted by atomic mass is 16.7. The van der Waals surface area contributed by atoms with E-state index in [1.54, 1.807) is 23.1 Å². The normalized spacial score (nSPS) is 20.2. The molecule has 1 aromatic carbocycles. The van der Waals surface area contributed by atoms with Gasteiger partial charge in [-0.2, -0.15) is 0 Å². The van der Waals surface area contributed by atoms with Crippen molar-refractivity contribution in [2.75, 3.05) is 40.8 Å². The molecule has 168 valence electrons. The third kappa shape index (κ3) is 2.98. The van der Waals surface area contributed by atoms with Crippen molar-refractivity contribution < 1.29 is 33.6 Å². The van der Waals surface area contributed by atoms with Gasteiger partial charge in [0.05, 0.1) is 38.6 Å². The average molecular weight is 441 g/mol. The van der Waals surface area contributed by atoms with Crippen LogP contribution in [-0.2, 0) is 0 Å². The van der Waals surface area contributed by atoms with Gasteiger partial charge in [-0.05, 0) is 36.7 Å². The van der Waals surface area contributed by atoms with E-state index in [-0.39, 0.29) is 25.2 Å². The molecule has 2 unspecified atom stereocenters. The van der Waals surface area contributed by atoms with Crippen LogP contribution in [0.4, 0.5) is 0 Å². The van der Waals surface area contributed by atoms with Crippen LogP contribution < -0.4 is 24.3 Å². The molecule has 2 atom stereocenters. The summed E-state index contributed by atoms with van der Waals surface area (Å²) < 4.78 is 21.7. The molecule has 2 aliphatic heterocycles. The van der Waals surface area contributed by atoms with Gasteiger partial charge in [-0.25, -0.2) is 4.98 Å². The van der Waals surface area contributed by atoms with Crippen LogP contribution in [0.15, 0.2) is 18.2 Å². The Morgan fingerprint density at radius 1 is 1.16 bits per heavy atom. The number of aliphatic hydroxyl groups is 1. The summed E-state index contributed by atoms with van der Waals surface area (Å²) in [5, 5.41) is 11.8. The molecule has 0 fully saturated rings. The largest absolute Gasteiger partial charge is 0.493 e. The van der Waals surface area contributed by atoms with E-state index in [4.69, 9.17) is 24.1 Å². The van der Waals surface area contributed by atoms with Crippen LogP contribution >= 0.6 is 0 Å². The molecule has 0 spiro atoms. The van der Waals surface area contributed by atoms with Gasteiger partial charge in [-0.15, -0.1) is 0 Å². The third-order valence-corrected chi connectivity index (χ3v) is 6.12. The summed E-state index contributed by atoms with van der Waals surface area (Å²) in [5.74, 6) is 0.643. The third-order valence-electron chi connectivity index (χ3n) is 6.12. The molecule has 10 heteroatoms. The summed E-state index contributed by atoms with van der Waals surface area (Å²) in [7, 11) is 3.01. The quantitative estimate of drug-likeness (QED) is 0.483. The Labute approximate surface area is 184 Å². The first kappa shape index (κ1) is 20.5. The zero-order chi connectivity index (χ0) is 22.4. The number of carbonyl (C=O) groups excluding carboxylic acids is 2. The van der Waals surface area contributed by atoms with Crippen molar-refractivity contribution in [3.8, 4) is 23.1 Å². The van der Waals surface area contributed by atoms with E-state index >= 15 is 0 Å². The fourth-order valence-corrected chi connectivity index (χ4v) is 4.69. The Kier molecular flexibility index (Phi) is 5.10. The number of aromatic nitrogens is 1. The number of hydrogen-bond acceptors (Lipinski definition) is 9. The van der Waals surface area contributed by atoms with Crippen molar-refractivity contribution in [2.45, 2.75) is 18.4 Å². The molecule has 2 N–H and O–H groups in total. The number of nitrogens with zero attached hydrogens (tertiary/aromatic N) is 2. The highest BCUT2D eigenvalue weighted by Gasteiger charge is 2.52. The summed E-state index contributed by atoms with van der Waals surface area (Å²) in [6, 6.07) is 4.42. The van der Waals surface area contributed by atoms with Gasteiger partial charge in [0.1, 0.15) is 0 Å². The number of fused-ring (bicyclic) bond motifs is 6. The molecule has 3 aliphatic rings. The van der Waals surface area contributed by atoms with E-state index in [1.807, 2.05) is 0 Å². The number of aliphatic hydroxyl groups excluding tert-OH is 1. The number of amides is 1. The fourth-order valence-electron chi connectivity index (χ4n) is 4.69. The number of pyridine rings is 1. The Hall–Kier alpha value is -3.37. The molecule has 3 heterocycles. The monoisotopic (exact) mass is 441 g/mol. The van der Waals surface area contributed by atoms with Gasteiger partial charge >= 0.3 is 0 Å². The summed E-state index contributed by atoms with van der Waals surface area (Å²) >= 11 is 0. The van der Waals surface area contributed by atoms with E-state index in [1.165, 1.54) is 14.2 Å². The highest BCUT2D eigenvalue weighted by Crippen LogP contribution is 2.53. The minimum atomic E-state index is -0.627. The number of Topliss-reactive ketones (excluding diaryl/α,β-unsaturated/α-hetero) is 1. The van der Waals surface area contributed by atoms with Crippen molar-refractivity contribution in [2.24, 2.45) is 0 Å². The Balaban J connectivity index is 1.64. The summed E-state index contributed by atoms with van der Waals surface area (Å²) in [5.41, 5.74) is 1.93. The maximum absolute atomic E-state index is 13.6. The van der Waals surface area contributed by atoms with Crippen LogP contribution in [0.5, 0.6) is 23.1 Å². The molecule has 32 heavy (non-hydrogen) atoms. The van der Waals surface area contributed by atoms with Gasteiger partial charge in [-0.3, -0.25) is 14.9 Å². The lowest BCUT2D eigenvalue weighted by Gasteiger charge is -2.38. The van der Waals surface area contributed by atoms with Gasteiger partial charge < -0.3 is 29.0 Å². The van der Waals surface area contributed by atoms with Crippen LogP contribution in [0.25, 0.3) is 0 Å². The molecule has 10 nitrogen and oxygen atoms in total. The van der Waals surface area contributed by atoms with Crippen molar-refractivity contribution >= 4 is 11.7 Å². The van der Waals surface area contributed by atoms with Gasteiger partial charge in [-0.1, -0.05) is 0 Å². The molecular formula is C22H23N3O7. The van der Waals surface area contributed by atoms with Crippen LogP contribution in [0, 0.1) is 0 Å². The Morgan fingerprint density at radius 3 is 2.69 bits per heavy atom. The lowest BCUT2D eigenvalue weighted by molar-refractivity contribution is 0.0598. The van der Waals surface area contributed by atoms with Gasteiger partial charge in [0.2, 0.25) is 6.79 Å². The SMILES string of the molecule is COc1cc2c(cc1OC)C1C(=O)c3cc4c(nc3C1N(CCCNCO)C2=O)OCO4. The molecular weight excluding hydrogens is 418 g/mol. The predicted octanol–water partition coefficient (Wildman–Crippen LogP) is 1.23. The first-order valence-electron chi connectivity index (χ1n) is 10.3. The van der Waals surface area contributed by atoms with Crippen LogP contribution in [0.2, 0.25) is 0 Å². The van der Waals surface area contributed by atoms with Gasteiger partial charge in [0.25, 0.3) is 11.8 Å². The number of ketones is 1.